The van der Waals surface area contributed by atoms with Gasteiger partial charge >= 0.3 is 12.1 Å². The molecule has 0 radical (unpaired) electrons. The van der Waals surface area contributed by atoms with Gasteiger partial charge in [-0.25, -0.2) is 22.7 Å². The van der Waals surface area contributed by atoms with Gasteiger partial charge in [0.25, 0.3) is 0 Å². The maximum absolute atomic E-state index is 12.1. The van der Waals surface area contributed by atoms with Crippen molar-refractivity contribution >= 4 is 39.1 Å². The molecule has 29 heavy (non-hydrogen) atoms. The van der Waals surface area contributed by atoms with Crippen molar-refractivity contribution in [1.29, 1.82) is 0 Å². The van der Waals surface area contributed by atoms with E-state index in [-0.39, 0.29) is 6.54 Å². The van der Waals surface area contributed by atoms with Crippen LogP contribution in [0.1, 0.15) is 12.0 Å². The van der Waals surface area contributed by atoms with Gasteiger partial charge in [-0.2, -0.15) is 0 Å². The van der Waals surface area contributed by atoms with Gasteiger partial charge in [0.05, 0.1) is 6.26 Å². The first-order valence-corrected chi connectivity index (χ1v) is 10.9. The Labute approximate surface area is 170 Å². The molecule has 0 heterocycles. The molecule has 2 rings (SSSR count). The third kappa shape index (κ3) is 8.62. The number of sulfonamides is 1. The van der Waals surface area contributed by atoms with Crippen molar-refractivity contribution in [1.82, 2.24) is 10.0 Å². The summed E-state index contributed by atoms with van der Waals surface area (Å²) in [7, 11) is -3.23. The lowest BCUT2D eigenvalue weighted by atomic mass is 10.2. The average molecular weight is 420 g/mol. The number of amides is 4. The number of hydrogen-bond donors (Lipinski definition) is 5. The Kier molecular flexibility index (Phi) is 7.98. The molecule has 0 saturated heterocycles. The van der Waals surface area contributed by atoms with Crippen molar-refractivity contribution < 1.29 is 18.0 Å². The first kappa shape index (κ1) is 22.2. The molecule has 0 spiro atoms. The van der Waals surface area contributed by atoms with E-state index in [1.807, 2.05) is 25.1 Å². The summed E-state index contributed by atoms with van der Waals surface area (Å²) in [5.41, 5.74) is 2.57. The lowest BCUT2D eigenvalue weighted by Gasteiger charge is -2.13. The molecule has 0 bridgehead atoms. The smallest absolute Gasteiger partial charge is 0.323 e. The zero-order valence-corrected chi connectivity index (χ0v) is 17.1. The number of hydrogen-bond acceptors (Lipinski definition) is 4. The Morgan fingerprint density at radius 1 is 0.862 bits per heavy atom. The third-order valence-electron chi connectivity index (χ3n) is 3.78. The van der Waals surface area contributed by atoms with Crippen LogP contribution in [-0.2, 0) is 10.0 Å². The predicted molar refractivity (Wildman–Crippen MR) is 115 cm³/mol. The highest BCUT2D eigenvalue weighted by Crippen LogP contribution is 2.20. The highest BCUT2D eigenvalue weighted by Gasteiger charge is 2.08. The molecule has 0 fully saturated rings. The molecular weight excluding hydrogens is 394 g/mol. The zero-order valence-electron chi connectivity index (χ0n) is 16.3. The van der Waals surface area contributed by atoms with Gasteiger partial charge < -0.3 is 21.3 Å². The van der Waals surface area contributed by atoms with Crippen molar-refractivity contribution in [3.8, 4) is 0 Å². The molecule has 5 N–H and O–H groups in total. The fourth-order valence-corrected chi connectivity index (χ4v) is 2.88. The quantitative estimate of drug-likeness (QED) is 0.421. The monoisotopic (exact) mass is 419 g/mol. The number of para-hydroxylation sites is 1. The predicted octanol–water partition coefficient (Wildman–Crippen LogP) is 2.70. The van der Waals surface area contributed by atoms with Gasteiger partial charge in [-0.05, 0) is 43.2 Å². The third-order valence-corrected chi connectivity index (χ3v) is 4.51. The van der Waals surface area contributed by atoms with E-state index in [0.29, 0.717) is 30.0 Å². The molecule has 0 unspecified atom stereocenters. The van der Waals surface area contributed by atoms with Gasteiger partial charge in [-0.15, -0.1) is 0 Å². The lowest BCUT2D eigenvalue weighted by Crippen LogP contribution is -2.32. The van der Waals surface area contributed by atoms with Crippen LogP contribution in [0.25, 0.3) is 0 Å². The number of carbonyl (C=O) groups is 2. The van der Waals surface area contributed by atoms with E-state index in [2.05, 4.69) is 26.0 Å². The summed E-state index contributed by atoms with van der Waals surface area (Å²) in [5.74, 6) is 0. The Morgan fingerprint density at radius 2 is 1.55 bits per heavy atom. The molecule has 0 atom stereocenters. The van der Waals surface area contributed by atoms with Crippen LogP contribution in [0.15, 0.2) is 48.5 Å². The summed E-state index contributed by atoms with van der Waals surface area (Å²) in [5, 5.41) is 10.8. The fraction of sp³-hybridized carbons (Fsp3) is 0.263. The average Bonchev–Trinajstić information content (AvgIpc) is 2.64. The number of rotatable bonds is 8. The van der Waals surface area contributed by atoms with Gasteiger partial charge in [-0.3, -0.25) is 0 Å². The van der Waals surface area contributed by atoms with E-state index >= 15 is 0 Å². The van der Waals surface area contributed by atoms with Gasteiger partial charge in [0.1, 0.15) is 0 Å². The van der Waals surface area contributed by atoms with Crippen LogP contribution in [0.4, 0.5) is 26.7 Å². The molecular formula is C19H25N5O4S. The SMILES string of the molecule is Cc1ccc(NC(=O)Nc2ccccc2)cc1NC(=O)NCCCNS(C)(=O)=O. The van der Waals surface area contributed by atoms with Crippen LogP contribution in [0.3, 0.4) is 0 Å². The number of carbonyl (C=O) groups excluding carboxylic acids is 2. The normalized spacial score (nSPS) is 10.8. The van der Waals surface area contributed by atoms with Gasteiger partial charge in [0, 0.05) is 30.2 Å². The Balaban J connectivity index is 1.84. The van der Waals surface area contributed by atoms with E-state index in [9.17, 15) is 18.0 Å². The molecule has 156 valence electrons. The van der Waals surface area contributed by atoms with Crippen molar-refractivity contribution in [3.05, 3.63) is 54.1 Å². The summed E-state index contributed by atoms with van der Waals surface area (Å²) < 4.78 is 24.3. The molecule has 0 aliphatic rings. The van der Waals surface area contributed by atoms with E-state index in [1.54, 1.807) is 30.3 Å². The maximum atomic E-state index is 12.1. The summed E-state index contributed by atoms with van der Waals surface area (Å²) >= 11 is 0. The molecule has 10 heteroatoms. The number of benzene rings is 2. The van der Waals surface area contributed by atoms with E-state index in [0.717, 1.165) is 11.8 Å². The largest absolute Gasteiger partial charge is 0.338 e. The van der Waals surface area contributed by atoms with Gasteiger partial charge in [-0.1, -0.05) is 24.3 Å². The van der Waals surface area contributed by atoms with Crippen LogP contribution in [-0.4, -0.2) is 39.8 Å². The maximum Gasteiger partial charge on any atom is 0.323 e. The molecule has 4 amide bonds. The number of nitrogens with one attached hydrogen (secondary N) is 5. The van der Waals surface area contributed by atoms with Crippen molar-refractivity contribution in [2.45, 2.75) is 13.3 Å². The minimum Gasteiger partial charge on any atom is -0.338 e. The second-order valence-electron chi connectivity index (χ2n) is 6.38. The Morgan fingerprint density at radius 3 is 2.24 bits per heavy atom. The highest BCUT2D eigenvalue weighted by molar-refractivity contribution is 7.88. The van der Waals surface area contributed by atoms with Crippen LogP contribution in [0, 0.1) is 6.92 Å². The van der Waals surface area contributed by atoms with Crippen molar-refractivity contribution in [2.75, 3.05) is 35.3 Å². The summed E-state index contributed by atoms with van der Waals surface area (Å²) in [6.07, 6.45) is 1.54. The zero-order chi connectivity index (χ0) is 21.3. The highest BCUT2D eigenvalue weighted by atomic mass is 32.2. The van der Waals surface area contributed by atoms with Crippen molar-refractivity contribution in [2.24, 2.45) is 0 Å². The van der Waals surface area contributed by atoms with Crippen LogP contribution >= 0.6 is 0 Å². The second-order valence-corrected chi connectivity index (χ2v) is 8.21. The standard InChI is InChI=1S/C19H25N5O4S/c1-14-9-10-16(23-19(26)22-15-7-4-3-5-8-15)13-17(14)24-18(25)20-11-6-12-21-29(2,27)28/h3-5,7-10,13,21H,6,11-12H2,1-2H3,(H2,20,24,25)(H2,22,23,26). The van der Waals surface area contributed by atoms with E-state index in [4.69, 9.17) is 0 Å². The molecule has 0 aliphatic heterocycles. The summed E-state index contributed by atoms with van der Waals surface area (Å²) in [4.78, 5) is 24.1. The molecule has 2 aromatic rings. The Hall–Kier alpha value is -3.11. The van der Waals surface area contributed by atoms with Crippen LogP contribution in [0.2, 0.25) is 0 Å². The first-order valence-electron chi connectivity index (χ1n) is 8.96. The number of anilines is 3. The molecule has 9 nitrogen and oxygen atoms in total. The number of aryl methyl sites for hydroxylation is 1. The molecule has 2 aromatic carbocycles. The number of urea groups is 2. The molecule has 0 aromatic heterocycles. The minimum atomic E-state index is -3.23. The molecule has 0 aliphatic carbocycles. The van der Waals surface area contributed by atoms with Gasteiger partial charge in [0.2, 0.25) is 10.0 Å². The van der Waals surface area contributed by atoms with Crippen LogP contribution < -0.4 is 26.0 Å². The van der Waals surface area contributed by atoms with Gasteiger partial charge in [0.15, 0.2) is 0 Å². The fourth-order valence-electron chi connectivity index (χ4n) is 2.36. The van der Waals surface area contributed by atoms with E-state index in [1.165, 1.54) is 0 Å². The van der Waals surface area contributed by atoms with Crippen LogP contribution in [0.5, 0.6) is 0 Å². The second kappa shape index (κ2) is 10.4. The summed E-state index contributed by atoms with van der Waals surface area (Å²) in [6.45, 7) is 2.39. The van der Waals surface area contributed by atoms with E-state index < -0.39 is 22.1 Å². The summed E-state index contributed by atoms with van der Waals surface area (Å²) in [6, 6.07) is 13.4. The topological polar surface area (TPSA) is 128 Å². The van der Waals surface area contributed by atoms with Crippen molar-refractivity contribution in [3.63, 3.8) is 0 Å². The molecule has 0 saturated carbocycles. The Bertz CT molecular complexity index is 948. The minimum absolute atomic E-state index is 0.244. The first-order chi connectivity index (χ1) is 13.7. The lowest BCUT2D eigenvalue weighted by molar-refractivity contribution is 0.252.